The van der Waals surface area contributed by atoms with E-state index >= 15 is 0 Å². The van der Waals surface area contributed by atoms with E-state index in [9.17, 15) is 19.7 Å². The van der Waals surface area contributed by atoms with E-state index in [-0.39, 0.29) is 22.5 Å². The monoisotopic (exact) mass is 291 g/mol. The van der Waals surface area contributed by atoms with Crippen molar-refractivity contribution >= 4 is 22.6 Å². The molecular weight excluding hydrogens is 282 g/mol. The first kappa shape index (κ1) is 13.0. The van der Waals surface area contributed by atoms with E-state index in [2.05, 4.69) is 9.72 Å². The molecule has 0 saturated carbocycles. The summed E-state index contributed by atoms with van der Waals surface area (Å²) in [6.45, 7) is 0.647. The van der Waals surface area contributed by atoms with Gasteiger partial charge in [-0.15, -0.1) is 0 Å². The highest BCUT2D eigenvalue weighted by Gasteiger charge is 2.25. The van der Waals surface area contributed by atoms with Crippen molar-refractivity contribution in [2.75, 3.05) is 13.7 Å². The maximum absolute atomic E-state index is 12.3. The van der Waals surface area contributed by atoms with Crippen molar-refractivity contribution in [3.8, 4) is 6.01 Å². The highest BCUT2D eigenvalue weighted by Crippen LogP contribution is 2.26. The Morgan fingerprint density at radius 3 is 2.95 bits per heavy atom. The van der Waals surface area contributed by atoms with E-state index in [1.54, 1.807) is 0 Å². The molecule has 0 atom stereocenters. The molecule has 3 rings (SSSR count). The third-order valence-corrected chi connectivity index (χ3v) is 3.18. The van der Waals surface area contributed by atoms with Crippen molar-refractivity contribution in [3.63, 3.8) is 0 Å². The highest BCUT2D eigenvalue weighted by molar-refractivity contribution is 5.99. The Balaban J connectivity index is 2.38. The molecule has 9 nitrogen and oxygen atoms in total. The third-order valence-electron chi connectivity index (χ3n) is 3.18. The Morgan fingerprint density at radius 2 is 2.29 bits per heavy atom. The Bertz CT molecular complexity index is 841. The van der Waals surface area contributed by atoms with Gasteiger partial charge in [-0.3, -0.25) is 19.5 Å². The maximum atomic E-state index is 12.3. The summed E-state index contributed by atoms with van der Waals surface area (Å²) in [5.74, 6) is -0.869. The number of nitro benzene ring substituents is 1. The molecule has 0 N–H and O–H groups in total. The highest BCUT2D eigenvalue weighted by atomic mass is 16.6. The minimum absolute atomic E-state index is 0.0589. The Kier molecular flexibility index (Phi) is 2.82. The molecule has 108 valence electrons. The fourth-order valence-electron chi connectivity index (χ4n) is 2.20. The van der Waals surface area contributed by atoms with Crippen molar-refractivity contribution < 1.29 is 19.2 Å². The third kappa shape index (κ3) is 1.90. The van der Waals surface area contributed by atoms with E-state index in [1.807, 2.05) is 0 Å². The zero-order valence-corrected chi connectivity index (χ0v) is 10.9. The van der Waals surface area contributed by atoms with Gasteiger partial charge in [-0.2, -0.15) is 4.98 Å². The number of rotatable bonds is 2. The smallest absolute Gasteiger partial charge is 0.344 e. The predicted molar refractivity (Wildman–Crippen MR) is 69.5 cm³/mol. The zero-order valence-electron chi connectivity index (χ0n) is 10.9. The summed E-state index contributed by atoms with van der Waals surface area (Å²) in [6.07, 6.45) is 0. The molecule has 0 unspecified atom stereocenters. The van der Waals surface area contributed by atoms with E-state index in [0.29, 0.717) is 13.2 Å². The molecule has 21 heavy (non-hydrogen) atoms. The summed E-state index contributed by atoms with van der Waals surface area (Å²) in [5, 5.41) is 11.1. The van der Waals surface area contributed by atoms with Crippen LogP contribution in [0.25, 0.3) is 10.9 Å². The molecule has 0 radical (unpaired) electrons. The largest absolute Gasteiger partial charge is 0.465 e. The quantitative estimate of drug-likeness (QED) is 0.449. The van der Waals surface area contributed by atoms with Crippen molar-refractivity contribution in [2.45, 2.75) is 6.54 Å². The minimum atomic E-state index is -0.869. The van der Waals surface area contributed by atoms with Crippen LogP contribution in [0.5, 0.6) is 6.01 Å². The van der Waals surface area contributed by atoms with Gasteiger partial charge in [0.05, 0.1) is 29.5 Å². The van der Waals surface area contributed by atoms with Gasteiger partial charge in [0.25, 0.3) is 17.3 Å². The molecule has 1 aliphatic heterocycles. The number of hydrogen-bond donors (Lipinski definition) is 0. The van der Waals surface area contributed by atoms with Crippen molar-refractivity contribution in [1.29, 1.82) is 0 Å². The number of benzene rings is 1. The van der Waals surface area contributed by atoms with Gasteiger partial charge in [0.2, 0.25) is 0 Å². The summed E-state index contributed by atoms with van der Waals surface area (Å²) in [4.78, 5) is 38.3. The first-order valence-corrected chi connectivity index (χ1v) is 5.97. The van der Waals surface area contributed by atoms with E-state index < -0.39 is 22.1 Å². The van der Waals surface area contributed by atoms with Gasteiger partial charge in [-0.05, 0) is 6.07 Å². The number of nitro groups is 1. The lowest BCUT2D eigenvalue weighted by molar-refractivity contribution is -0.385. The standard InChI is InChI=1S/C12H9N3O6/c1-20-11(17)7-4-8-6(5-9(7)15(18)19)10(16)14-2-3-21-12(14)13-8/h4-5H,2-3H2,1H3. The molecule has 0 bridgehead atoms. The van der Waals surface area contributed by atoms with Crippen molar-refractivity contribution in [1.82, 2.24) is 9.55 Å². The normalized spacial score (nSPS) is 12.8. The fourth-order valence-corrected chi connectivity index (χ4v) is 2.20. The summed E-state index contributed by atoms with van der Waals surface area (Å²) in [6, 6.07) is 2.35. The van der Waals surface area contributed by atoms with Gasteiger partial charge < -0.3 is 9.47 Å². The second kappa shape index (κ2) is 4.54. The van der Waals surface area contributed by atoms with Crippen LogP contribution in [0.3, 0.4) is 0 Å². The molecule has 1 aromatic carbocycles. The lowest BCUT2D eigenvalue weighted by Crippen LogP contribution is -2.19. The summed E-state index contributed by atoms with van der Waals surface area (Å²) < 4.78 is 11.0. The molecule has 2 aromatic rings. The van der Waals surface area contributed by atoms with Crippen molar-refractivity contribution in [2.24, 2.45) is 0 Å². The van der Waals surface area contributed by atoms with Crippen LogP contribution in [0, 0.1) is 10.1 Å². The van der Waals surface area contributed by atoms with Gasteiger partial charge in [0, 0.05) is 6.07 Å². The molecule has 0 spiro atoms. The number of fused-ring (bicyclic) bond motifs is 2. The molecular formula is C12H9N3O6. The van der Waals surface area contributed by atoms with Gasteiger partial charge in [0.15, 0.2) is 0 Å². The number of ether oxygens (including phenoxy) is 2. The molecule has 0 saturated heterocycles. The number of esters is 1. The topological polar surface area (TPSA) is 114 Å². The molecule has 1 aliphatic rings. The number of carbonyl (C=O) groups excluding carboxylic acids is 1. The Hall–Kier alpha value is -2.97. The van der Waals surface area contributed by atoms with Crippen LogP contribution in [0.15, 0.2) is 16.9 Å². The summed E-state index contributed by atoms with van der Waals surface area (Å²) >= 11 is 0. The van der Waals surface area contributed by atoms with Crippen LogP contribution in [-0.2, 0) is 11.3 Å². The predicted octanol–water partition coefficient (Wildman–Crippen LogP) is 0.484. The molecule has 0 fully saturated rings. The van der Waals surface area contributed by atoms with E-state index in [1.165, 1.54) is 10.6 Å². The molecule has 2 heterocycles. The van der Waals surface area contributed by atoms with Crippen LogP contribution in [0.1, 0.15) is 10.4 Å². The minimum Gasteiger partial charge on any atom is -0.465 e. The van der Waals surface area contributed by atoms with Crippen LogP contribution >= 0.6 is 0 Å². The number of aromatic nitrogens is 2. The van der Waals surface area contributed by atoms with Gasteiger partial charge in [-0.25, -0.2) is 4.79 Å². The van der Waals surface area contributed by atoms with E-state index in [4.69, 9.17) is 4.74 Å². The second-order valence-corrected chi connectivity index (χ2v) is 4.33. The number of nitrogens with zero attached hydrogens (tertiary/aromatic N) is 3. The SMILES string of the molecule is COC(=O)c1cc2nc3n(c(=O)c2cc1[N+](=O)[O-])CCO3. The first-order chi connectivity index (χ1) is 10.0. The number of hydrogen-bond acceptors (Lipinski definition) is 7. The second-order valence-electron chi connectivity index (χ2n) is 4.33. The lowest BCUT2D eigenvalue weighted by Gasteiger charge is -2.05. The van der Waals surface area contributed by atoms with Gasteiger partial charge >= 0.3 is 5.97 Å². The summed E-state index contributed by atoms with van der Waals surface area (Å²) in [5.41, 5.74) is -1.04. The summed E-state index contributed by atoms with van der Waals surface area (Å²) in [7, 11) is 1.12. The van der Waals surface area contributed by atoms with Crippen LogP contribution in [0.2, 0.25) is 0 Å². The molecule has 9 heteroatoms. The Labute approximate surface area is 116 Å². The molecule has 0 aliphatic carbocycles. The van der Waals surface area contributed by atoms with Crippen LogP contribution in [0.4, 0.5) is 5.69 Å². The van der Waals surface area contributed by atoms with E-state index in [0.717, 1.165) is 13.2 Å². The van der Waals surface area contributed by atoms with Crippen molar-refractivity contribution in [3.05, 3.63) is 38.2 Å². The molecule has 0 amide bonds. The van der Waals surface area contributed by atoms with Crippen LogP contribution < -0.4 is 10.3 Å². The number of methoxy groups -OCH3 is 1. The zero-order chi connectivity index (χ0) is 15.1. The van der Waals surface area contributed by atoms with Gasteiger partial charge in [0.1, 0.15) is 12.2 Å². The average Bonchev–Trinajstić information content (AvgIpc) is 2.93. The molecule has 1 aromatic heterocycles. The van der Waals surface area contributed by atoms with Gasteiger partial charge in [-0.1, -0.05) is 0 Å². The lowest BCUT2D eigenvalue weighted by atomic mass is 10.1. The fraction of sp³-hybridized carbons (Fsp3) is 0.250. The number of carbonyl (C=O) groups is 1. The van der Waals surface area contributed by atoms with Crippen LogP contribution in [-0.4, -0.2) is 34.2 Å². The maximum Gasteiger partial charge on any atom is 0.344 e. The first-order valence-electron chi connectivity index (χ1n) is 5.97. The average molecular weight is 291 g/mol. The Morgan fingerprint density at radius 1 is 1.52 bits per heavy atom.